The van der Waals surface area contributed by atoms with Crippen molar-refractivity contribution in [1.82, 2.24) is 9.97 Å². The Morgan fingerprint density at radius 1 is 1.50 bits per heavy atom. The lowest BCUT2D eigenvalue weighted by atomic mass is 10.2. The summed E-state index contributed by atoms with van der Waals surface area (Å²) < 4.78 is 11.7. The van der Waals surface area contributed by atoms with E-state index in [1.54, 1.807) is 7.11 Å². The molecule has 18 heavy (non-hydrogen) atoms. The standard InChI is InChI=1S/C12H18BrN3O2/c1-3-14-12-10(13)8(7-17-2)15-11(16-12)9-5-4-6-18-9/h9H,3-7H2,1-2H3,(H,14,15,16). The van der Waals surface area contributed by atoms with Crippen LogP contribution in [0.3, 0.4) is 0 Å². The van der Waals surface area contributed by atoms with Crippen molar-refractivity contribution >= 4 is 21.7 Å². The molecular weight excluding hydrogens is 298 g/mol. The minimum atomic E-state index is 0.0195. The number of hydrogen-bond donors (Lipinski definition) is 1. The first kappa shape index (κ1) is 13.7. The lowest BCUT2D eigenvalue weighted by Gasteiger charge is -2.14. The van der Waals surface area contributed by atoms with E-state index in [0.717, 1.165) is 47.8 Å². The molecule has 2 rings (SSSR count). The number of aromatic nitrogens is 2. The topological polar surface area (TPSA) is 56.3 Å². The van der Waals surface area contributed by atoms with Crippen LogP contribution in [0, 0.1) is 0 Å². The summed E-state index contributed by atoms with van der Waals surface area (Å²) in [4.78, 5) is 9.08. The fraction of sp³-hybridized carbons (Fsp3) is 0.667. The first-order valence-electron chi connectivity index (χ1n) is 6.17. The molecule has 1 atom stereocenters. The second kappa shape index (κ2) is 6.45. The maximum absolute atomic E-state index is 5.64. The Balaban J connectivity index is 2.33. The normalized spacial score (nSPS) is 19.2. The summed E-state index contributed by atoms with van der Waals surface area (Å²) >= 11 is 3.52. The number of ether oxygens (including phenoxy) is 2. The van der Waals surface area contributed by atoms with E-state index in [-0.39, 0.29) is 6.10 Å². The van der Waals surface area contributed by atoms with Gasteiger partial charge < -0.3 is 14.8 Å². The molecule has 0 bridgehead atoms. The average molecular weight is 316 g/mol. The Morgan fingerprint density at radius 2 is 2.33 bits per heavy atom. The van der Waals surface area contributed by atoms with Crippen LogP contribution in [0.5, 0.6) is 0 Å². The molecule has 0 spiro atoms. The number of rotatable bonds is 5. The van der Waals surface area contributed by atoms with Gasteiger partial charge in [0.25, 0.3) is 0 Å². The summed E-state index contributed by atoms with van der Waals surface area (Å²) in [7, 11) is 1.66. The Bertz CT molecular complexity index is 381. The molecule has 0 amide bonds. The molecule has 5 nitrogen and oxygen atoms in total. The number of halogens is 1. The first-order chi connectivity index (χ1) is 8.76. The smallest absolute Gasteiger partial charge is 0.159 e. The van der Waals surface area contributed by atoms with Crippen molar-refractivity contribution in [2.45, 2.75) is 32.5 Å². The predicted octanol–water partition coefficient (Wildman–Crippen LogP) is 2.67. The number of methoxy groups -OCH3 is 1. The fourth-order valence-corrected chi connectivity index (χ4v) is 2.39. The van der Waals surface area contributed by atoms with Gasteiger partial charge in [-0.3, -0.25) is 0 Å². The van der Waals surface area contributed by atoms with E-state index in [1.165, 1.54) is 0 Å². The molecule has 0 saturated carbocycles. The van der Waals surface area contributed by atoms with Gasteiger partial charge >= 0.3 is 0 Å². The van der Waals surface area contributed by atoms with Gasteiger partial charge in [0.15, 0.2) is 5.82 Å². The van der Waals surface area contributed by atoms with Gasteiger partial charge in [-0.2, -0.15) is 0 Å². The van der Waals surface area contributed by atoms with E-state index in [9.17, 15) is 0 Å². The van der Waals surface area contributed by atoms with Crippen LogP contribution in [0.2, 0.25) is 0 Å². The summed E-state index contributed by atoms with van der Waals surface area (Å²) in [6.07, 6.45) is 2.07. The van der Waals surface area contributed by atoms with Crippen LogP contribution in [-0.4, -0.2) is 30.2 Å². The predicted molar refractivity (Wildman–Crippen MR) is 72.5 cm³/mol. The van der Waals surface area contributed by atoms with Crippen LogP contribution in [0.4, 0.5) is 5.82 Å². The van der Waals surface area contributed by atoms with Gasteiger partial charge in [0, 0.05) is 20.3 Å². The Kier molecular flexibility index (Phi) is 4.91. The van der Waals surface area contributed by atoms with E-state index in [1.807, 2.05) is 6.92 Å². The van der Waals surface area contributed by atoms with Crippen LogP contribution < -0.4 is 5.32 Å². The molecule has 1 aliphatic heterocycles. The van der Waals surface area contributed by atoms with Gasteiger partial charge in [0.2, 0.25) is 0 Å². The Morgan fingerprint density at radius 3 is 2.94 bits per heavy atom. The van der Waals surface area contributed by atoms with E-state index in [2.05, 4.69) is 31.2 Å². The molecule has 1 fully saturated rings. The van der Waals surface area contributed by atoms with Crippen LogP contribution >= 0.6 is 15.9 Å². The lowest BCUT2D eigenvalue weighted by molar-refractivity contribution is 0.104. The molecular formula is C12H18BrN3O2. The first-order valence-corrected chi connectivity index (χ1v) is 6.96. The highest BCUT2D eigenvalue weighted by atomic mass is 79.9. The highest BCUT2D eigenvalue weighted by Crippen LogP contribution is 2.30. The minimum Gasteiger partial charge on any atom is -0.378 e. The number of nitrogens with zero attached hydrogens (tertiary/aromatic N) is 2. The van der Waals surface area contributed by atoms with Crippen LogP contribution in [0.15, 0.2) is 4.47 Å². The monoisotopic (exact) mass is 315 g/mol. The Hall–Kier alpha value is -0.720. The van der Waals surface area contributed by atoms with Gasteiger partial charge in [-0.15, -0.1) is 0 Å². The van der Waals surface area contributed by atoms with Crippen LogP contribution in [0.25, 0.3) is 0 Å². The third-order valence-electron chi connectivity index (χ3n) is 2.78. The van der Waals surface area contributed by atoms with Crippen molar-refractivity contribution in [3.8, 4) is 0 Å². The Labute approximate surface area is 115 Å². The summed E-state index contributed by atoms with van der Waals surface area (Å²) in [5, 5.41) is 3.23. The molecule has 1 saturated heterocycles. The number of anilines is 1. The lowest BCUT2D eigenvalue weighted by Crippen LogP contribution is -2.11. The van der Waals surface area contributed by atoms with E-state index < -0.39 is 0 Å². The van der Waals surface area contributed by atoms with E-state index in [0.29, 0.717) is 6.61 Å². The minimum absolute atomic E-state index is 0.0195. The van der Waals surface area contributed by atoms with E-state index >= 15 is 0 Å². The van der Waals surface area contributed by atoms with Crippen molar-refractivity contribution in [2.75, 3.05) is 25.6 Å². The van der Waals surface area contributed by atoms with Crippen molar-refractivity contribution in [1.29, 1.82) is 0 Å². The molecule has 1 aliphatic rings. The van der Waals surface area contributed by atoms with Gasteiger partial charge in [-0.05, 0) is 35.7 Å². The van der Waals surface area contributed by atoms with Gasteiger partial charge in [0.1, 0.15) is 11.9 Å². The highest BCUT2D eigenvalue weighted by Gasteiger charge is 2.23. The molecule has 0 radical (unpaired) electrons. The molecule has 1 aromatic heterocycles. The summed E-state index contributed by atoms with van der Waals surface area (Å²) in [6.45, 7) is 4.10. The summed E-state index contributed by atoms with van der Waals surface area (Å²) in [5.41, 5.74) is 0.856. The van der Waals surface area contributed by atoms with Crippen molar-refractivity contribution in [3.05, 3.63) is 16.0 Å². The third kappa shape index (κ3) is 2.99. The zero-order valence-electron chi connectivity index (χ0n) is 10.7. The fourth-order valence-electron chi connectivity index (χ4n) is 1.95. The van der Waals surface area contributed by atoms with Gasteiger partial charge in [-0.25, -0.2) is 9.97 Å². The molecule has 2 heterocycles. The molecule has 1 unspecified atom stereocenters. The van der Waals surface area contributed by atoms with E-state index in [4.69, 9.17) is 9.47 Å². The van der Waals surface area contributed by atoms with Crippen molar-refractivity contribution in [2.24, 2.45) is 0 Å². The van der Waals surface area contributed by atoms with Crippen molar-refractivity contribution in [3.63, 3.8) is 0 Å². The molecule has 1 aromatic rings. The second-order valence-corrected chi connectivity index (χ2v) is 4.95. The highest BCUT2D eigenvalue weighted by molar-refractivity contribution is 9.10. The SMILES string of the molecule is CCNc1nc(C2CCCO2)nc(COC)c1Br. The molecule has 6 heteroatoms. The summed E-state index contributed by atoms with van der Waals surface area (Å²) in [5.74, 6) is 1.56. The van der Waals surface area contributed by atoms with Crippen LogP contribution in [0.1, 0.15) is 37.4 Å². The van der Waals surface area contributed by atoms with Gasteiger partial charge in [-0.1, -0.05) is 0 Å². The van der Waals surface area contributed by atoms with Crippen molar-refractivity contribution < 1.29 is 9.47 Å². The molecule has 0 aliphatic carbocycles. The maximum Gasteiger partial charge on any atom is 0.159 e. The quantitative estimate of drug-likeness (QED) is 0.905. The number of hydrogen-bond acceptors (Lipinski definition) is 5. The zero-order chi connectivity index (χ0) is 13.0. The van der Waals surface area contributed by atoms with Gasteiger partial charge in [0.05, 0.1) is 16.8 Å². The number of nitrogens with one attached hydrogen (secondary N) is 1. The average Bonchev–Trinajstić information content (AvgIpc) is 2.88. The van der Waals surface area contributed by atoms with Crippen LogP contribution in [-0.2, 0) is 16.1 Å². The second-order valence-electron chi connectivity index (χ2n) is 4.16. The summed E-state index contributed by atoms with van der Waals surface area (Å²) in [6, 6.07) is 0. The molecule has 0 aromatic carbocycles. The largest absolute Gasteiger partial charge is 0.378 e. The zero-order valence-corrected chi connectivity index (χ0v) is 12.3. The maximum atomic E-state index is 5.64. The third-order valence-corrected chi connectivity index (χ3v) is 3.61. The molecule has 100 valence electrons. The molecule has 1 N–H and O–H groups in total.